The third kappa shape index (κ3) is 4.80. The molecule has 0 aromatic rings. The minimum atomic E-state index is -0.0881. The van der Waals surface area contributed by atoms with Crippen LogP contribution in [-0.2, 0) is 9.59 Å². The number of hydrogen-bond donors (Lipinski definition) is 2. The van der Waals surface area contributed by atoms with Gasteiger partial charge in [-0.25, -0.2) is 0 Å². The molecule has 1 aliphatic heterocycles. The quantitative estimate of drug-likeness (QED) is 0.680. The van der Waals surface area contributed by atoms with E-state index in [0.717, 1.165) is 25.9 Å². The van der Waals surface area contributed by atoms with Crippen LogP contribution in [0.2, 0.25) is 0 Å². The predicted molar refractivity (Wildman–Crippen MR) is 72.5 cm³/mol. The highest BCUT2D eigenvalue weighted by atomic mass is 16.2. The molecule has 2 amide bonds. The van der Waals surface area contributed by atoms with E-state index in [2.05, 4.69) is 10.2 Å². The Hall–Kier alpha value is -1.14. The maximum Gasteiger partial charge on any atom is 0.234 e. The summed E-state index contributed by atoms with van der Waals surface area (Å²) in [5, 5.41) is 2.98. The molecule has 6 nitrogen and oxygen atoms in total. The molecule has 2 fully saturated rings. The minimum Gasteiger partial charge on any atom is -0.352 e. The van der Waals surface area contributed by atoms with Crippen molar-refractivity contribution in [2.45, 2.75) is 38.3 Å². The van der Waals surface area contributed by atoms with Crippen molar-refractivity contribution in [3.8, 4) is 0 Å². The Kier molecular flexibility index (Phi) is 4.76. The highest BCUT2D eigenvalue weighted by Crippen LogP contribution is 2.18. The van der Waals surface area contributed by atoms with Crippen LogP contribution in [0.4, 0.5) is 0 Å². The summed E-state index contributed by atoms with van der Waals surface area (Å²) in [6, 6.07) is 0.330. The maximum atomic E-state index is 11.8. The Morgan fingerprint density at radius 1 is 1.26 bits per heavy atom. The number of carbonyl (C=O) groups excluding carboxylic acids is 2. The van der Waals surface area contributed by atoms with Gasteiger partial charge in [-0.2, -0.15) is 0 Å². The van der Waals surface area contributed by atoms with Crippen molar-refractivity contribution in [3.05, 3.63) is 0 Å². The van der Waals surface area contributed by atoms with Crippen LogP contribution < -0.4 is 11.1 Å². The largest absolute Gasteiger partial charge is 0.352 e. The fourth-order valence-electron chi connectivity index (χ4n) is 2.26. The molecule has 2 aliphatic rings. The van der Waals surface area contributed by atoms with Crippen LogP contribution in [0.1, 0.15) is 26.2 Å². The van der Waals surface area contributed by atoms with Gasteiger partial charge < -0.3 is 16.0 Å². The van der Waals surface area contributed by atoms with Gasteiger partial charge in [0, 0.05) is 44.7 Å². The van der Waals surface area contributed by atoms with Gasteiger partial charge in [0.1, 0.15) is 0 Å². The molecule has 1 saturated heterocycles. The number of carbonyl (C=O) groups is 2. The van der Waals surface area contributed by atoms with Crippen LogP contribution in [0.5, 0.6) is 0 Å². The van der Waals surface area contributed by atoms with Gasteiger partial charge in [0.15, 0.2) is 0 Å². The average molecular weight is 268 g/mol. The van der Waals surface area contributed by atoms with E-state index >= 15 is 0 Å². The number of hydrogen-bond acceptors (Lipinski definition) is 4. The highest BCUT2D eigenvalue weighted by molar-refractivity contribution is 5.79. The Morgan fingerprint density at radius 3 is 2.42 bits per heavy atom. The fraction of sp³-hybridized carbons (Fsp3) is 0.846. The summed E-state index contributed by atoms with van der Waals surface area (Å²) in [5.41, 5.74) is 5.63. The van der Waals surface area contributed by atoms with Crippen LogP contribution >= 0.6 is 0 Å². The van der Waals surface area contributed by atoms with Crippen molar-refractivity contribution in [1.29, 1.82) is 0 Å². The first-order valence-corrected chi connectivity index (χ1v) is 7.09. The molecule has 1 aliphatic carbocycles. The molecule has 0 spiro atoms. The number of rotatable bonds is 5. The van der Waals surface area contributed by atoms with Crippen LogP contribution in [0, 0.1) is 0 Å². The topological polar surface area (TPSA) is 78.7 Å². The molecule has 108 valence electrons. The van der Waals surface area contributed by atoms with Crippen molar-refractivity contribution in [3.63, 3.8) is 0 Å². The van der Waals surface area contributed by atoms with Gasteiger partial charge in [-0.05, 0) is 19.8 Å². The van der Waals surface area contributed by atoms with E-state index in [4.69, 9.17) is 5.73 Å². The zero-order chi connectivity index (χ0) is 13.8. The predicted octanol–water partition coefficient (Wildman–Crippen LogP) is -0.853. The molecule has 1 unspecified atom stereocenters. The molecule has 0 aromatic carbocycles. The number of nitrogens with one attached hydrogen (secondary N) is 1. The molecular weight excluding hydrogens is 244 g/mol. The minimum absolute atomic E-state index is 0.0881. The summed E-state index contributed by atoms with van der Waals surface area (Å²) in [4.78, 5) is 27.5. The number of nitrogens with zero attached hydrogens (tertiary/aromatic N) is 2. The van der Waals surface area contributed by atoms with Crippen molar-refractivity contribution in [2.75, 3.05) is 32.7 Å². The highest BCUT2D eigenvalue weighted by Gasteiger charge is 2.26. The van der Waals surface area contributed by atoms with E-state index in [1.54, 1.807) is 0 Å². The van der Waals surface area contributed by atoms with Gasteiger partial charge >= 0.3 is 0 Å². The third-order valence-electron chi connectivity index (χ3n) is 3.53. The summed E-state index contributed by atoms with van der Waals surface area (Å²) in [7, 11) is 0. The van der Waals surface area contributed by atoms with E-state index in [1.807, 2.05) is 11.8 Å². The Balaban J connectivity index is 1.66. The first-order valence-electron chi connectivity index (χ1n) is 7.09. The summed E-state index contributed by atoms with van der Waals surface area (Å²) in [6.45, 7) is 5.22. The van der Waals surface area contributed by atoms with Gasteiger partial charge in [-0.3, -0.25) is 14.5 Å². The lowest BCUT2D eigenvalue weighted by atomic mass is 10.2. The van der Waals surface area contributed by atoms with E-state index in [1.165, 1.54) is 0 Å². The van der Waals surface area contributed by atoms with Gasteiger partial charge in [0.05, 0.1) is 6.54 Å². The van der Waals surface area contributed by atoms with Crippen LogP contribution in [-0.4, -0.2) is 66.4 Å². The molecule has 2 rings (SSSR count). The van der Waals surface area contributed by atoms with Crippen LogP contribution in [0.3, 0.4) is 0 Å². The molecule has 0 aromatic heterocycles. The Bertz CT molecular complexity index is 334. The molecule has 3 N–H and O–H groups in total. The molecular formula is C13H24N4O2. The van der Waals surface area contributed by atoms with Gasteiger partial charge in [0.25, 0.3) is 0 Å². The van der Waals surface area contributed by atoms with Crippen LogP contribution in [0.25, 0.3) is 0 Å². The number of amides is 2. The monoisotopic (exact) mass is 268 g/mol. The van der Waals surface area contributed by atoms with Crippen molar-refractivity contribution in [1.82, 2.24) is 15.1 Å². The number of nitrogens with two attached hydrogens (primary N) is 1. The summed E-state index contributed by atoms with van der Waals surface area (Å²) >= 11 is 0. The standard InChI is InChI=1S/C13H24N4O2/c1-10(14)8-13(19)17-6-4-16(5-7-17)9-12(18)15-11-2-3-11/h10-11H,2-9,14H2,1H3,(H,15,18). The van der Waals surface area contributed by atoms with Crippen molar-refractivity contribution >= 4 is 11.8 Å². The van der Waals surface area contributed by atoms with E-state index in [9.17, 15) is 9.59 Å². The lowest BCUT2D eigenvalue weighted by Gasteiger charge is -2.34. The average Bonchev–Trinajstić information content (AvgIpc) is 3.12. The summed E-state index contributed by atoms with van der Waals surface area (Å²) in [5.74, 6) is 0.231. The lowest BCUT2D eigenvalue weighted by molar-refractivity contribution is -0.133. The SMILES string of the molecule is CC(N)CC(=O)N1CCN(CC(=O)NC2CC2)CC1. The van der Waals surface area contributed by atoms with Crippen molar-refractivity contribution < 1.29 is 9.59 Å². The number of piperazine rings is 1. The fourth-order valence-corrected chi connectivity index (χ4v) is 2.26. The normalized spacial score (nSPS) is 22.1. The molecule has 0 bridgehead atoms. The van der Waals surface area contributed by atoms with Crippen molar-refractivity contribution in [2.24, 2.45) is 5.73 Å². The Labute approximate surface area is 114 Å². The second kappa shape index (κ2) is 6.34. The zero-order valence-electron chi connectivity index (χ0n) is 11.6. The van der Waals surface area contributed by atoms with E-state index < -0.39 is 0 Å². The third-order valence-corrected chi connectivity index (χ3v) is 3.53. The first-order chi connectivity index (χ1) is 9.04. The molecule has 1 saturated carbocycles. The maximum absolute atomic E-state index is 11.8. The summed E-state index contributed by atoms with van der Waals surface area (Å²) in [6.07, 6.45) is 2.64. The Morgan fingerprint density at radius 2 is 1.89 bits per heavy atom. The second-order valence-electron chi connectivity index (χ2n) is 5.68. The van der Waals surface area contributed by atoms with Gasteiger partial charge in [-0.1, -0.05) is 0 Å². The van der Waals surface area contributed by atoms with E-state index in [-0.39, 0.29) is 17.9 Å². The molecule has 1 atom stereocenters. The smallest absolute Gasteiger partial charge is 0.234 e. The van der Waals surface area contributed by atoms with Gasteiger partial charge in [0.2, 0.25) is 11.8 Å². The molecule has 6 heteroatoms. The zero-order valence-corrected chi connectivity index (χ0v) is 11.6. The molecule has 1 heterocycles. The van der Waals surface area contributed by atoms with Crippen LogP contribution in [0.15, 0.2) is 0 Å². The molecule has 0 radical (unpaired) electrons. The first kappa shape index (κ1) is 14.3. The second-order valence-corrected chi connectivity index (χ2v) is 5.68. The molecule has 19 heavy (non-hydrogen) atoms. The lowest BCUT2D eigenvalue weighted by Crippen LogP contribution is -2.51. The summed E-state index contributed by atoms with van der Waals surface area (Å²) < 4.78 is 0. The van der Waals surface area contributed by atoms with Gasteiger partial charge in [-0.15, -0.1) is 0 Å². The van der Waals surface area contributed by atoms with E-state index in [0.29, 0.717) is 32.1 Å².